The van der Waals surface area contributed by atoms with Gasteiger partial charge in [0.2, 0.25) is 5.56 Å². The maximum atomic E-state index is 11.3. The van der Waals surface area contributed by atoms with Gasteiger partial charge < -0.3 is 10.7 Å². The summed E-state index contributed by atoms with van der Waals surface area (Å²) in [5.74, 6) is 0. The minimum atomic E-state index is -0.161. The molecule has 18 heavy (non-hydrogen) atoms. The molecular formula is C15H18N2O. The lowest BCUT2D eigenvalue weighted by Crippen LogP contribution is -2.06. The molecule has 1 aromatic heterocycles. The highest BCUT2D eigenvalue weighted by Crippen LogP contribution is 2.26. The first-order valence-corrected chi connectivity index (χ1v) is 6.12. The van der Waals surface area contributed by atoms with Crippen LogP contribution in [0, 0.1) is 0 Å². The van der Waals surface area contributed by atoms with Gasteiger partial charge in [0.15, 0.2) is 0 Å². The zero-order valence-corrected chi connectivity index (χ0v) is 11.0. The van der Waals surface area contributed by atoms with Gasteiger partial charge in [0.1, 0.15) is 0 Å². The fraction of sp³-hybridized carbons (Fsp3) is 0.267. The number of H-pyrrole nitrogens is 1. The van der Waals surface area contributed by atoms with Crippen LogP contribution in [0.15, 0.2) is 34.6 Å². The van der Waals surface area contributed by atoms with Crippen LogP contribution in [0.25, 0.3) is 16.5 Å². The summed E-state index contributed by atoms with van der Waals surface area (Å²) in [6.45, 7) is 6.36. The maximum absolute atomic E-state index is 11.3. The lowest BCUT2D eigenvalue weighted by atomic mass is 9.97. The van der Waals surface area contributed by atoms with Crippen LogP contribution in [0.5, 0.6) is 0 Å². The van der Waals surface area contributed by atoms with Gasteiger partial charge in [-0.1, -0.05) is 18.6 Å². The zero-order chi connectivity index (χ0) is 13.3. The van der Waals surface area contributed by atoms with Crippen LogP contribution in [0.3, 0.4) is 0 Å². The van der Waals surface area contributed by atoms with Crippen molar-refractivity contribution in [3.05, 3.63) is 45.8 Å². The number of nitrogen functional groups attached to an aromatic ring is 1. The second-order valence-electron chi connectivity index (χ2n) is 4.68. The quantitative estimate of drug-likeness (QED) is 0.848. The summed E-state index contributed by atoms with van der Waals surface area (Å²) in [6, 6.07) is 7.43. The molecular weight excluding hydrogens is 224 g/mol. The lowest BCUT2D eigenvalue weighted by molar-refractivity contribution is 1.19. The Kier molecular flexibility index (Phi) is 3.24. The summed E-state index contributed by atoms with van der Waals surface area (Å²) < 4.78 is 0. The Labute approximate surface area is 106 Å². The third-order valence-electron chi connectivity index (χ3n) is 3.18. The zero-order valence-electron chi connectivity index (χ0n) is 11.0. The topological polar surface area (TPSA) is 58.9 Å². The molecule has 94 valence electrons. The number of hydrogen-bond donors (Lipinski definition) is 2. The smallest absolute Gasteiger partial charge is 0.250 e. The van der Waals surface area contributed by atoms with Gasteiger partial charge in [0.05, 0.1) is 5.52 Å². The SMILES string of the molecule is CCC(=C(C)C)c1ccc2[nH]c(=O)cc(N)c2c1. The van der Waals surface area contributed by atoms with Crippen molar-refractivity contribution >= 4 is 22.2 Å². The molecule has 0 aliphatic carbocycles. The highest BCUT2D eigenvalue weighted by molar-refractivity contribution is 5.92. The van der Waals surface area contributed by atoms with Crippen LogP contribution in [0.1, 0.15) is 32.8 Å². The van der Waals surface area contributed by atoms with Crippen LogP contribution in [0.2, 0.25) is 0 Å². The number of fused-ring (bicyclic) bond motifs is 1. The van der Waals surface area contributed by atoms with Gasteiger partial charge in [-0.3, -0.25) is 4.79 Å². The van der Waals surface area contributed by atoms with E-state index < -0.39 is 0 Å². The van der Waals surface area contributed by atoms with Crippen molar-refractivity contribution in [1.82, 2.24) is 4.98 Å². The molecule has 0 saturated carbocycles. The average Bonchev–Trinajstić information content (AvgIpc) is 2.30. The predicted octanol–water partition coefficient (Wildman–Crippen LogP) is 3.31. The first-order valence-electron chi connectivity index (χ1n) is 6.12. The molecule has 2 aromatic rings. The van der Waals surface area contributed by atoms with Crippen LogP contribution >= 0.6 is 0 Å². The second-order valence-corrected chi connectivity index (χ2v) is 4.68. The van der Waals surface area contributed by atoms with Gasteiger partial charge in [-0.15, -0.1) is 0 Å². The van der Waals surface area contributed by atoms with E-state index in [1.165, 1.54) is 22.8 Å². The molecule has 3 nitrogen and oxygen atoms in total. The Morgan fingerprint density at radius 2 is 2.00 bits per heavy atom. The van der Waals surface area contributed by atoms with Gasteiger partial charge >= 0.3 is 0 Å². The molecule has 1 heterocycles. The van der Waals surface area contributed by atoms with Crippen molar-refractivity contribution in [2.75, 3.05) is 5.73 Å². The van der Waals surface area contributed by atoms with Crippen molar-refractivity contribution in [3.63, 3.8) is 0 Å². The Balaban J connectivity index is 2.72. The summed E-state index contributed by atoms with van der Waals surface area (Å²) in [5, 5.41) is 0.902. The minimum Gasteiger partial charge on any atom is -0.398 e. The molecule has 0 bridgehead atoms. The van der Waals surface area contributed by atoms with Gasteiger partial charge in [0, 0.05) is 17.1 Å². The Hall–Kier alpha value is -2.03. The highest BCUT2D eigenvalue weighted by Gasteiger charge is 2.05. The van der Waals surface area contributed by atoms with Gasteiger partial charge in [0.25, 0.3) is 0 Å². The molecule has 0 aliphatic heterocycles. The molecule has 3 heteroatoms. The number of benzene rings is 1. The number of aromatic nitrogens is 1. The van der Waals surface area contributed by atoms with Crippen molar-refractivity contribution < 1.29 is 0 Å². The number of nitrogens with one attached hydrogen (secondary N) is 1. The van der Waals surface area contributed by atoms with Crippen LogP contribution < -0.4 is 11.3 Å². The van der Waals surface area contributed by atoms with E-state index in [1.807, 2.05) is 18.2 Å². The van der Waals surface area contributed by atoms with E-state index in [0.717, 1.165) is 17.3 Å². The predicted molar refractivity (Wildman–Crippen MR) is 77.5 cm³/mol. The number of pyridine rings is 1. The van der Waals surface area contributed by atoms with Crippen LogP contribution in [-0.4, -0.2) is 4.98 Å². The average molecular weight is 242 g/mol. The number of rotatable bonds is 2. The number of allylic oxidation sites excluding steroid dienone is 2. The molecule has 0 unspecified atom stereocenters. The van der Waals surface area contributed by atoms with E-state index in [4.69, 9.17) is 5.73 Å². The molecule has 0 fully saturated rings. The number of hydrogen-bond acceptors (Lipinski definition) is 2. The molecule has 0 amide bonds. The molecule has 0 atom stereocenters. The molecule has 3 N–H and O–H groups in total. The van der Waals surface area contributed by atoms with E-state index in [0.29, 0.717) is 5.69 Å². The minimum absolute atomic E-state index is 0.161. The number of aromatic amines is 1. The third-order valence-corrected chi connectivity index (χ3v) is 3.18. The number of anilines is 1. The maximum Gasteiger partial charge on any atom is 0.250 e. The first kappa shape index (κ1) is 12.4. The number of nitrogens with two attached hydrogens (primary N) is 1. The van der Waals surface area contributed by atoms with E-state index in [9.17, 15) is 4.79 Å². The van der Waals surface area contributed by atoms with Crippen molar-refractivity contribution in [2.45, 2.75) is 27.2 Å². The Morgan fingerprint density at radius 1 is 1.28 bits per heavy atom. The fourth-order valence-electron chi connectivity index (χ4n) is 2.31. The largest absolute Gasteiger partial charge is 0.398 e. The molecule has 0 aliphatic rings. The standard InChI is InChI=1S/C15H18N2O/c1-4-11(9(2)3)10-5-6-14-12(7-10)13(16)8-15(18)17-14/h5-8H,4H2,1-3H3,(H3,16,17,18). The summed E-state index contributed by atoms with van der Waals surface area (Å²) in [7, 11) is 0. The van der Waals surface area contributed by atoms with E-state index in [-0.39, 0.29) is 5.56 Å². The summed E-state index contributed by atoms with van der Waals surface area (Å²) in [5.41, 5.74) is 10.9. The van der Waals surface area contributed by atoms with Crippen molar-refractivity contribution in [2.24, 2.45) is 0 Å². The van der Waals surface area contributed by atoms with Crippen LogP contribution in [0.4, 0.5) is 5.69 Å². The third kappa shape index (κ3) is 2.16. The summed E-state index contributed by atoms with van der Waals surface area (Å²) in [4.78, 5) is 14.1. The second kappa shape index (κ2) is 4.69. The Morgan fingerprint density at radius 3 is 2.61 bits per heavy atom. The van der Waals surface area contributed by atoms with Crippen molar-refractivity contribution in [1.29, 1.82) is 0 Å². The van der Waals surface area contributed by atoms with Gasteiger partial charge in [-0.2, -0.15) is 0 Å². The fourth-order valence-corrected chi connectivity index (χ4v) is 2.31. The summed E-state index contributed by atoms with van der Waals surface area (Å²) >= 11 is 0. The van der Waals surface area contributed by atoms with Gasteiger partial charge in [-0.25, -0.2) is 0 Å². The van der Waals surface area contributed by atoms with Gasteiger partial charge in [-0.05, 0) is 43.5 Å². The first-order chi connectivity index (χ1) is 8.52. The van der Waals surface area contributed by atoms with Crippen LogP contribution in [-0.2, 0) is 0 Å². The molecule has 0 saturated heterocycles. The van der Waals surface area contributed by atoms with Crippen molar-refractivity contribution in [3.8, 4) is 0 Å². The molecule has 0 radical (unpaired) electrons. The normalized spacial score (nSPS) is 10.6. The van der Waals surface area contributed by atoms with E-state index in [1.54, 1.807) is 0 Å². The Bertz CT molecular complexity index is 676. The monoisotopic (exact) mass is 242 g/mol. The molecule has 1 aromatic carbocycles. The van der Waals surface area contributed by atoms with E-state index in [2.05, 4.69) is 25.8 Å². The van der Waals surface area contributed by atoms with E-state index >= 15 is 0 Å². The molecule has 2 rings (SSSR count). The molecule has 0 spiro atoms. The summed E-state index contributed by atoms with van der Waals surface area (Å²) in [6.07, 6.45) is 0.983. The highest BCUT2D eigenvalue weighted by atomic mass is 16.1. The lowest BCUT2D eigenvalue weighted by Gasteiger charge is -2.10.